The van der Waals surface area contributed by atoms with Gasteiger partial charge >= 0.3 is 0 Å². The summed E-state index contributed by atoms with van der Waals surface area (Å²) in [7, 11) is 3.67. The average Bonchev–Trinajstić information content (AvgIpc) is 2.26. The first-order valence-corrected chi connectivity index (χ1v) is 5.24. The molecule has 1 N–H and O–H groups in total. The first kappa shape index (κ1) is 12.4. The van der Waals surface area contributed by atoms with Crippen molar-refractivity contribution in [2.45, 2.75) is 19.1 Å². The van der Waals surface area contributed by atoms with Gasteiger partial charge in [-0.1, -0.05) is 0 Å². The second-order valence-corrected chi connectivity index (χ2v) is 4.10. The third kappa shape index (κ3) is 3.15. The number of aliphatic hydroxyl groups is 1. The molecule has 0 aromatic rings. The van der Waals surface area contributed by atoms with Crippen molar-refractivity contribution in [1.82, 2.24) is 9.80 Å². The molecule has 0 radical (unpaired) electrons. The van der Waals surface area contributed by atoms with Gasteiger partial charge in [-0.2, -0.15) is 0 Å². The lowest BCUT2D eigenvalue weighted by Crippen LogP contribution is -2.51. The number of hydrogen-bond donors (Lipinski definition) is 1. The van der Waals surface area contributed by atoms with Crippen LogP contribution in [0.5, 0.6) is 0 Å². The number of aliphatic hydroxyl groups excluding tert-OH is 1. The Kier molecular flexibility index (Phi) is 4.50. The van der Waals surface area contributed by atoms with Crippen LogP contribution in [-0.4, -0.2) is 73.4 Å². The van der Waals surface area contributed by atoms with E-state index in [1.165, 1.54) is 0 Å². The molecule has 15 heavy (non-hydrogen) atoms. The van der Waals surface area contributed by atoms with Crippen molar-refractivity contribution in [3.05, 3.63) is 0 Å². The number of ether oxygens (including phenoxy) is 1. The van der Waals surface area contributed by atoms with Crippen LogP contribution in [0.25, 0.3) is 0 Å². The zero-order valence-electron chi connectivity index (χ0n) is 9.64. The van der Waals surface area contributed by atoms with Gasteiger partial charge in [0, 0.05) is 20.1 Å². The second kappa shape index (κ2) is 5.44. The predicted molar refractivity (Wildman–Crippen MR) is 56.6 cm³/mol. The molecule has 5 heteroatoms. The molecule has 1 saturated heterocycles. The lowest BCUT2D eigenvalue weighted by molar-refractivity contribution is -0.150. The molecule has 0 aromatic carbocycles. The number of carbonyl (C=O) groups excluding carboxylic acids is 1. The zero-order chi connectivity index (χ0) is 11.4. The molecule has 1 aliphatic rings. The molecular formula is C10H20N2O3. The molecule has 88 valence electrons. The topological polar surface area (TPSA) is 53.0 Å². The molecule has 2 atom stereocenters. The van der Waals surface area contributed by atoms with Crippen LogP contribution in [0.1, 0.15) is 6.92 Å². The van der Waals surface area contributed by atoms with Gasteiger partial charge < -0.3 is 19.6 Å². The van der Waals surface area contributed by atoms with Crippen LogP contribution in [0.4, 0.5) is 0 Å². The van der Waals surface area contributed by atoms with E-state index >= 15 is 0 Å². The van der Waals surface area contributed by atoms with E-state index < -0.39 is 0 Å². The largest absolute Gasteiger partial charge is 0.394 e. The van der Waals surface area contributed by atoms with Crippen LogP contribution < -0.4 is 0 Å². The monoisotopic (exact) mass is 216 g/mol. The summed E-state index contributed by atoms with van der Waals surface area (Å²) in [6, 6.07) is -0.159. The van der Waals surface area contributed by atoms with Gasteiger partial charge in [-0.3, -0.25) is 4.79 Å². The zero-order valence-corrected chi connectivity index (χ0v) is 9.64. The van der Waals surface area contributed by atoms with Gasteiger partial charge in [0.15, 0.2) is 0 Å². The Morgan fingerprint density at radius 2 is 2.40 bits per heavy atom. The summed E-state index contributed by atoms with van der Waals surface area (Å²) < 4.78 is 5.41. The van der Waals surface area contributed by atoms with Crippen LogP contribution in [0.3, 0.4) is 0 Å². The molecule has 1 rings (SSSR count). The van der Waals surface area contributed by atoms with Gasteiger partial charge in [-0.15, -0.1) is 0 Å². The highest BCUT2D eigenvalue weighted by Crippen LogP contribution is 2.07. The maximum atomic E-state index is 11.9. The van der Waals surface area contributed by atoms with Crippen molar-refractivity contribution < 1.29 is 14.6 Å². The van der Waals surface area contributed by atoms with Crippen LogP contribution in [0.15, 0.2) is 0 Å². The van der Waals surface area contributed by atoms with Crippen LogP contribution in [-0.2, 0) is 9.53 Å². The first-order valence-electron chi connectivity index (χ1n) is 5.24. The molecule has 0 aromatic heterocycles. The molecule has 1 amide bonds. The fourth-order valence-corrected chi connectivity index (χ4v) is 1.49. The van der Waals surface area contributed by atoms with Crippen LogP contribution >= 0.6 is 0 Å². The molecular weight excluding hydrogens is 196 g/mol. The Labute approximate surface area is 90.6 Å². The van der Waals surface area contributed by atoms with Gasteiger partial charge in [-0.05, 0) is 14.0 Å². The maximum absolute atomic E-state index is 11.9. The summed E-state index contributed by atoms with van der Waals surface area (Å²) in [6.07, 6.45) is -0.386. The summed E-state index contributed by atoms with van der Waals surface area (Å²) in [6.45, 7) is 3.87. The van der Waals surface area contributed by atoms with E-state index in [1.54, 1.807) is 11.9 Å². The SMILES string of the molecule is CC(CO)N(C)C(=O)C1CN(C)CCO1. The number of morpholine rings is 1. The molecule has 0 saturated carbocycles. The van der Waals surface area contributed by atoms with E-state index in [0.29, 0.717) is 13.2 Å². The van der Waals surface area contributed by atoms with Crippen molar-refractivity contribution in [1.29, 1.82) is 0 Å². The van der Waals surface area contributed by atoms with Gasteiger partial charge in [0.2, 0.25) is 0 Å². The van der Waals surface area contributed by atoms with Gasteiger partial charge in [0.25, 0.3) is 5.91 Å². The maximum Gasteiger partial charge on any atom is 0.253 e. The van der Waals surface area contributed by atoms with Crippen molar-refractivity contribution in [2.24, 2.45) is 0 Å². The normalized spacial score (nSPS) is 24.9. The Morgan fingerprint density at radius 1 is 1.73 bits per heavy atom. The molecule has 0 bridgehead atoms. The Morgan fingerprint density at radius 3 is 2.93 bits per heavy atom. The van der Waals surface area contributed by atoms with E-state index in [0.717, 1.165) is 6.54 Å². The quantitative estimate of drug-likeness (QED) is 0.668. The molecule has 5 nitrogen and oxygen atoms in total. The number of rotatable bonds is 3. The number of amides is 1. The summed E-state index contributed by atoms with van der Waals surface area (Å²) in [5.74, 6) is -0.0527. The predicted octanol–water partition coefficient (Wildman–Crippen LogP) is -0.844. The fraction of sp³-hybridized carbons (Fsp3) is 0.900. The minimum Gasteiger partial charge on any atom is -0.394 e. The van der Waals surface area contributed by atoms with Crippen molar-refractivity contribution in [3.63, 3.8) is 0 Å². The number of likely N-dealkylation sites (N-methyl/N-ethyl adjacent to an activating group) is 2. The van der Waals surface area contributed by atoms with Gasteiger partial charge in [0.1, 0.15) is 6.10 Å². The minimum absolute atomic E-state index is 0.0230. The summed E-state index contributed by atoms with van der Waals surface area (Å²) in [5, 5.41) is 8.96. The van der Waals surface area contributed by atoms with E-state index in [1.807, 2.05) is 14.0 Å². The highest BCUT2D eigenvalue weighted by atomic mass is 16.5. The third-order valence-corrected chi connectivity index (χ3v) is 2.82. The number of nitrogens with zero attached hydrogens (tertiary/aromatic N) is 2. The molecule has 1 heterocycles. The first-order chi connectivity index (χ1) is 7.06. The van der Waals surface area contributed by atoms with Crippen LogP contribution in [0.2, 0.25) is 0 Å². The summed E-state index contributed by atoms with van der Waals surface area (Å²) >= 11 is 0. The molecule has 1 aliphatic heterocycles. The van der Waals surface area contributed by atoms with E-state index in [-0.39, 0.29) is 24.7 Å². The van der Waals surface area contributed by atoms with Crippen molar-refractivity contribution >= 4 is 5.91 Å². The fourth-order valence-electron chi connectivity index (χ4n) is 1.49. The Bertz CT molecular complexity index is 223. The Hall–Kier alpha value is -0.650. The molecule has 2 unspecified atom stereocenters. The average molecular weight is 216 g/mol. The van der Waals surface area contributed by atoms with Crippen LogP contribution in [0, 0.1) is 0 Å². The minimum atomic E-state index is -0.386. The van der Waals surface area contributed by atoms with E-state index in [9.17, 15) is 4.79 Å². The van der Waals surface area contributed by atoms with E-state index in [4.69, 9.17) is 9.84 Å². The lowest BCUT2D eigenvalue weighted by atomic mass is 10.2. The van der Waals surface area contributed by atoms with E-state index in [2.05, 4.69) is 4.90 Å². The highest BCUT2D eigenvalue weighted by Gasteiger charge is 2.28. The smallest absolute Gasteiger partial charge is 0.253 e. The standard InChI is InChI=1S/C10H20N2O3/c1-8(7-13)12(3)10(14)9-6-11(2)4-5-15-9/h8-9,13H,4-7H2,1-3H3. The molecule has 1 fully saturated rings. The lowest BCUT2D eigenvalue weighted by Gasteiger charge is -2.33. The second-order valence-electron chi connectivity index (χ2n) is 4.10. The van der Waals surface area contributed by atoms with Crippen molar-refractivity contribution in [3.8, 4) is 0 Å². The van der Waals surface area contributed by atoms with Gasteiger partial charge in [0.05, 0.1) is 19.3 Å². The summed E-state index contributed by atoms with van der Waals surface area (Å²) in [5.41, 5.74) is 0. The molecule has 0 spiro atoms. The van der Waals surface area contributed by atoms with Crippen molar-refractivity contribution in [2.75, 3.05) is 40.4 Å². The third-order valence-electron chi connectivity index (χ3n) is 2.82. The Balaban J connectivity index is 2.51. The highest BCUT2D eigenvalue weighted by molar-refractivity contribution is 5.81. The number of hydrogen-bond acceptors (Lipinski definition) is 4. The molecule has 0 aliphatic carbocycles. The van der Waals surface area contributed by atoms with Gasteiger partial charge in [-0.25, -0.2) is 0 Å². The summed E-state index contributed by atoms with van der Waals surface area (Å²) in [4.78, 5) is 15.5. The number of carbonyl (C=O) groups is 1.